The molecule has 1 saturated heterocycles. The number of aliphatic hydroxyl groups excluding tert-OH is 4. The van der Waals surface area contributed by atoms with Crippen LogP contribution < -0.4 is 10.2 Å². The zero-order chi connectivity index (χ0) is 22.3. The first-order chi connectivity index (χ1) is 14.8. The van der Waals surface area contributed by atoms with Crippen LogP contribution in [0.25, 0.3) is 22.3 Å². The van der Waals surface area contributed by atoms with Crippen molar-refractivity contribution in [2.24, 2.45) is 0 Å². The summed E-state index contributed by atoms with van der Waals surface area (Å²) >= 11 is 0. The number of hydrogen-bond donors (Lipinski definition) is 6. The maximum Gasteiger partial charge on any atom is 0.229 e. The Kier molecular flexibility index (Phi) is 5.56. The highest BCUT2D eigenvalue weighted by atomic mass is 16.7. The van der Waals surface area contributed by atoms with Crippen molar-refractivity contribution in [2.45, 2.75) is 30.7 Å². The second kappa shape index (κ2) is 8.17. The molecule has 0 radical (unpaired) electrons. The first-order valence-corrected chi connectivity index (χ1v) is 9.36. The molecule has 6 N–H and O–H groups in total. The van der Waals surface area contributed by atoms with Gasteiger partial charge in [-0.1, -0.05) is 12.1 Å². The SMILES string of the molecule is O=c1cc(-c2cccc(O)c2)oc2cc(OC3OC(CO)C(O)C(O)C3O)cc(O)c12. The summed E-state index contributed by atoms with van der Waals surface area (Å²) in [6.45, 7) is -0.629. The molecule has 0 bridgehead atoms. The van der Waals surface area contributed by atoms with Crippen LogP contribution in [0.15, 0.2) is 51.7 Å². The minimum absolute atomic E-state index is 0.0252. The number of fused-ring (bicyclic) bond motifs is 1. The normalized spacial score (nSPS) is 26.1. The molecule has 0 amide bonds. The highest BCUT2D eigenvalue weighted by Gasteiger charge is 2.44. The van der Waals surface area contributed by atoms with Crippen molar-refractivity contribution < 1.29 is 44.5 Å². The molecule has 0 saturated carbocycles. The molecule has 5 unspecified atom stereocenters. The quantitative estimate of drug-likeness (QED) is 0.331. The Morgan fingerprint density at radius 3 is 2.45 bits per heavy atom. The molecule has 4 rings (SSSR count). The highest BCUT2D eigenvalue weighted by Crippen LogP contribution is 2.33. The zero-order valence-corrected chi connectivity index (χ0v) is 16.0. The average Bonchev–Trinajstić information content (AvgIpc) is 2.73. The molecule has 2 heterocycles. The van der Waals surface area contributed by atoms with Crippen molar-refractivity contribution in [2.75, 3.05) is 6.61 Å². The molecule has 10 heteroatoms. The molecule has 31 heavy (non-hydrogen) atoms. The number of aliphatic hydroxyl groups is 4. The van der Waals surface area contributed by atoms with Gasteiger partial charge in [0.1, 0.15) is 58.4 Å². The van der Waals surface area contributed by atoms with Gasteiger partial charge < -0.3 is 44.5 Å². The van der Waals surface area contributed by atoms with Crippen LogP contribution in [0.4, 0.5) is 0 Å². The standard InChI is InChI=1S/C21H20O10/c22-8-16-18(26)19(27)20(28)21(31-16)29-11-5-12(24)17-13(25)7-14(30-15(17)6-11)9-2-1-3-10(23)4-9/h1-7,16,18-24,26-28H,8H2. The minimum atomic E-state index is -1.65. The summed E-state index contributed by atoms with van der Waals surface area (Å²) < 4.78 is 16.5. The fourth-order valence-corrected chi connectivity index (χ4v) is 3.41. The van der Waals surface area contributed by atoms with Gasteiger partial charge in [0.15, 0.2) is 5.43 Å². The smallest absolute Gasteiger partial charge is 0.229 e. The van der Waals surface area contributed by atoms with Crippen LogP contribution >= 0.6 is 0 Å². The van der Waals surface area contributed by atoms with Gasteiger partial charge in [-0.15, -0.1) is 0 Å². The van der Waals surface area contributed by atoms with Gasteiger partial charge in [-0.2, -0.15) is 0 Å². The van der Waals surface area contributed by atoms with Crippen LogP contribution in [-0.4, -0.2) is 68.0 Å². The van der Waals surface area contributed by atoms with Crippen molar-refractivity contribution in [1.29, 1.82) is 0 Å². The third kappa shape index (κ3) is 3.94. The van der Waals surface area contributed by atoms with Crippen molar-refractivity contribution in [3.05, 3.63) is 52.7 Å². The van der Waals surface area contributed by atoms with Crippen LogP contribution in [0.3, 0.4) is 0 Å². The molecule has 0 spiro atoms. The number of hydrogen-bond acceptors (Lipinski definition) is 10. The summed E-state index contributed by atoms with van der Waals surface area (Å²) in [7, 11) is 0. The largest absolute Gasteiger partial charge is 0.508 e. The van der Waals surface area contributed by atoms with E-state index in [1.54, 1.807) is 12.1 Å². The van der Waals surface area contributed by atoms with Gasteiger partial charge in [0.05, 0.1) is 6.61 Å². The minimum Gasteiger partial charge on any atom is -0.508 e. The van der Waals surface area contributed by atoms with Crippen molar-refractivity contribution >= 4 is 11.0 Å². The molecule has 0 aliphatic carbocycles. The second-order valence-corrected chi connectivity index (χ2v) is 7.16. The Morgan fingerprint density at radius 1 is 0.968 bits per heavy atom. The average molecular weight is 432 g/mol. The van der Waals surface area contributed by atoms with Crippen molar-refractivity contribution in [3.8, 4) is 28.6 Å². The Morgan fingerprint density at radius 2 is 1.74 bits per heavy atom. The molecule has 10 nitrogen and oxygen atoms in total. The van der Waals surface area contributed by atoms with Crippen molar-refractivity contribution in [1.82, 2.24) is 0 Å². The lowest BCUT2D eigenvalue weighted by atomic mass is 9.99. The molecule has 1 fully saturated rings. The van der Waals surface area contributed by atoms with Crippen molar-refractivity contribution in [3.63, 3.8) is 0 Å². The number of ether oxygens (including phenoxy) is 2. The van der Waals surface area contributed by atoms with Crippen LogP contribution in [0, 0.1) is 0 Å². The summed E-state index contributed by atoms with van der Waals surface area (Å²) in [5, 5.41) is 59.0. The maximum absolute atomic E-state index is 12.5. The van der Waals surface area contributed by atoms with E-state index in [1.807, 2.05) is 0 Å². The molecule has 2 aromatic carbocycles. The molecule has 5 atom stereocenters. The van der Waals surface area contributed by atoms with Gasteiger partial charge in [-0.3, -0.25) is 4.79 Å². The van der Waals surface area contributed by atoms with Gasteiger partial charge in [-0.05, 0) is 12.1 Å². The maximum atomic E-state index is 12.5. The number of rotatable bonds is 4. The third-order valence-corrected chi connectivity index (χ3v) is 5.01. The van der Waals surface area contributed by atoms with E-state index < -0.39 is 48.5 Å². The fraction of sp³-hybridized carbons (Fsp3) is 0.286. The molecule has 1 aromatic heterocycles. The van der Waals surface area contributed by atoms with E-state index in [0.29, 0.717) is 5.56 Å². The topological polar surface area (TPSA) is 170 Å². The lowest BCUT2D eigenvalue weighted by Gasteiger charge is -2.39. The lowest BCUT2D eigenvalue weighted by molar-refractivity contribution is -0.277. The first-order valence-electron chi connectivity index (χ1n) is 9.36. The third-order valence-electron chi connectivity index (χ3n) is 5.01. The summed E-state index contributed by atoms with van der Waals surface area (Å²) in [5.74, 6) is -0.403. The van der Waals surface area contributed by atoms with E-state index in [9.17, 15) is 35.4 Å². The first kappa shape index (κ1) is 21.1. The van der Waals surface area contributed by atoms with Gasteiger partial charge in [-0.25, -0.2) is 0 Å². The lowest BCUT2D eigenvalue weighted by Crippen LogP contribution is -2.60. The van der Waals surface area contributed by atoms with Crippen LogP contribution in [0.1, 0.15) is 0 Å². The van der Waals surface area contributed by atoms with Gasteiger partial charge in [0.2, 0.25) is 6.29 Å². The summed E-state index contributed by atoms with van der Waals surface area (Å²) in [6.07, 6.45) is -7.49. The molecule has 1 aliphatic rings. The molecule has 164 valence electrons. The van der Waals surface area contributed by atoms with E-state index in [1.165, 1.54) is 24.3 Å². The molecular weight excluding hydrogens is 412 g/mol. The van der Waals surface area contributed by atoms with Crippen LogP contribution in [0.2, 0.25) is 0 Å². The number of benzene rings is 2. The summed E-state index contributed by atoms with van der Waals surface area (Å²) in [6, 6.07) is 9.62. The molecule has 1 aliphatic heterocycles. The zero-order valence-electron chi connectivity index (χ0n) is 16.0. The van der Waals surface area contributed by atoms with Crippen LogP contribution in [0.5, 0.6) is 17.2 Å². The van der Waals surface area contributed by atoms with E-state index in [2.05, 4.69) is 0 Å². The monoisotopic (exact) mass is 432 g/mol. The van der Waals surface area contributed by atoms with E-state index in [-0.39, 0.29) is 28.2 Å². The summed E-state index contributed by atoms with van der Waals surface area (Å²) in [4.78, 5) is 12.5. The second-order valence-electron chi connectivity index (χ2n) is 7.16. The predicted molar refractivity (Wildman–Crippen MR) is 106 cm³/mol. The van der Waals surface area contributed by atoms with E-state index >= 15 is 0 Å². The highest BCUT2D eigenvalue weighted by molar-refractivity contribution is 5.86. The van der Waals surface area contributed by atoms with Gasteiger partial charge in [0.25, 0.3) is 0 Å². The Balaban J connectivity index is 1.72. The summed E-state index contributed by atoms with van der Waals surface area (Å²) in [5.41, 5.74) is -0.138. The molecule has 3 aromatic rings. The number of phenols is 2. The number of aromatic hydroxyl groups is 2. The predicted octanol–water partition coefficient (Wildman–Crippen LogP) is 0.0499. The van der Waals surface area contributed by atoms with E-state index in [0.717, 1.165) is 6.07 Å². The Bertz CT molecular complexity index is 1150. The van der Waals surface area contributed by atoms with Gasteiger partial charge >= 0.3 is 0 Å². The fourth-order valence-electron chi connectivity index (χ4n) is 3.41. The Labute approximate surface area is 174 Å². The van der Waals surface area contributed by atoms with Crippen LogP contribution in [-0.2, 0) is 4.74 Å². The Hall–Kier alpha value is -3.15. The van der Waals surface area contributed by atoms with Gasteiger partial charge in [0, 0.05) is 23.8 Å². The molecular formula is C21H20O10. The van der Waals surface area contributed by atoms with E-state index in [4.69, 9.17) is 13.9 Å². The number of phenolic OH excluding ortho intramolecular Hbond substituents is 2.